The van der Waals surface area contributed by atoms with Crippen molar-refractivity contribution in [2.75, 3.05) is 24.5 Å². The molecule has 2 fully saturated rings. The van der Waals surface area contributed by atoms with E-state index in [-0.39, 0.29) is 17.0 Å². The van der Waals surface area contributed by atoms with Crippen LogP contribution in [0.1, 0.15) is 75.0 Å². The average Bonchev–Trinajstić information content (AvgIpc) is 2.95. The molecule has 1 amide bonds. The van der Waals surface area contributed by atoms with Crippen molar-refractivity contribution in [2.45, 2.75) is 65.2 Å². The summed E-state index contributed by atoms with van der Waals surface area (Å²) in [5, 5.41) is 9.63. The van der Waals surface area contributed by atoms with Gasteiger partial charge >= 0.3 is 0 Å². The number of rotatable bonds is 7. The molecule has 2 aliphatic rings. The van der Waals surface area contributed by atoms with E-state index in [0.717, 1.165) is 63.0 Å². The molecule has 3 heterocycles. The maximum atomic E-state index is 13.1. The first-order valence-corrected chi connectivity index (χ1v) is 12.8. The summed E-state index contributed by atoms with van der Waals surface area (Å²) in [5.41, 5.74) is 1.25. The van der Waals surface area contributed by atoms with Crippen LogP contribution in [0.4, 0.5) is 5.82 Å². The van der Waals surface area contributed by atoms with E-state index in [0.29, 0.717) is 21.3 Å². The van der Waals surface area contributed by atoms with Gasteiger partial charge in [-0.05, 0) is 37.8 Å². The highest BCUT2D eigenvalue weighted by molar-refractivity contribution is 8.26. The lowest BCUT2D eigenvalue weighted by Gasteiger charge is -2.28. The number of hydrogen-bond donors (Lipinski definition) is 0. The molecule has 0 radical (unpaired) electrons. The minimum atomic E-state index is -0.287. The van der Waals surface area contributed by atoms with Gasteiger partial charge in [-0.25, -0.2) is 0 Å². The number of nitrogens with zero attached hydrogens (tertiary/aromatic N) is 4. The zero-order chi connectivity index (χ0) is 23.3. The van der Waals surface area contributed by atoms with Crippen LogP contribution in [0.5, 0.6) is 0 Å². The molecule has 3 rings (SSSR count). The van der Waals surface area contributed by atoms with E-state index in [1.807, 2.05) is 6.08 Å². The second kappa shape index (κ2) is 11.2. The monoisotopic (exact) mass is 472 g/mol. The largest absolute Gasteiger partial charge is 0.357 e. The van der Waals surface area contributed by atoms with Gasteiger partial charge in [-0.15, -0.1) is 0 Å². The molecule has 0 unspecified atom stereocenters. The fraction of sp³-hybridized carbons (Fsp3) is 0.583. The van der Waals surface area contributed by atoms with Crippen LogP contribution in [-0.2, 0) is 11.8 Å². The SMILES string of the molecule is CCCCCCN1C(=O)/C(=C\c2c(C)c(C#N)c(=O)n(C)c2N2CCCCCC2)SC1=S. The van der Waals surface area contributed by atoms with Gasteiger partial charge < -0.3 is 4.90 Å². The van der Waals surface area contributed by atoms with E-state index >= 15 is 0 Å². The van der Waals surface area contributed by atoms with Crippen LogP contribution in [0.3, 0.4) is 0 Å². The first kappa shape index (κ1) is 24.5. The Morgan fingerprint density at radius 3 is 2.44 bits per heavy atom. The van der Waals surface area contributed by atoms with Crippen molar-refractivity contribution in [1.29, 1.82) is 5.26 Å². The number of nitriles is 1. The molecule has 6 nitrogen and oxygen atoms in total. The maximum Gasteiger partial charge on any atom is 0.270 e. The second-order valence-corrected chi connectivity index (χ2v) is 10.2. The summed E-state index contributed by atoms with van der Waals surface area (Å²) in [4.78, 5) is 30.5. The average molecular weight is 473 g/mol. The van der Waals surface area contributed by atoms with Gasteiger partial charge in [0.2, 0.25) is 0 Å². The van der Waals surface area contributed by atoms with E-state index in [1.54, 1.807) is 23.4 Å². The van der Waals surface area contributed by atoms with Crippen LogP contribution >= 0.6 is 24.0 Å². The molecule has 0 aliphatic carbocycles. The van der Waals surface area contributed by atoms with Gasteiger partial charge in [0.05, 0.1) is 4.91 Å². The van der Waals surface area contributed by atoms with Crippen molar-refractivity contribution in [3.05, 3.63) is 31.9 Å². The number of carbonyl (C=O) groups excluding carboxylic acids is 1. The first-order valence-electron chi connectivity index (χ1n) is 11.5. The molecule has 0 aromatic carbocycles. The predicted octanol–water partition coefficient (Wildman–Crippen LogP) is 4.73. The molecule has 0 atom stereocenters. The van der Waals surface area contributed by atoms with Crippen molar-refractivity contribution in [1.82, 2.24) is 9.47 Å². The summed E-state index contributed by atoms with van der Waals surface area (Å²) in [7, 11) is 1.72. The number of carbonyl (C=O) groups is 1. The molecule has 2 aliphatic heterocycles. The third-order valence-electron chi connectivity index (χ3n) is 6.26. The predicted molar refractivity (Wildman–Crippen MR) is 136 cm³/mol. The standard InChI is InChI=1S/C24H32N4O2S2/c1-4-5-6-11-14-28-23(30)20(32-24(28)31)15-18-17(2)19(16-25)22(29)26(3)21(18)27-12-9-7-8-10-13-27/h15H,4-14H2,1-3H3/b20-15+. The Labute approximate surface area is 200 Å². The highest BCUT2D eigenvalue weighted by atomic mass is 32.2. The van der Waals surface area contributed by atoms with Crippen LogP contribution in [0, 0.1) is 18.3 Å². The molecule has 0 spiro atoms. The van der Waals surface area contributed by atoms with Crippen molar-refractivity contribution in [3.8, 4) is 6.07 Å². The fourth-order valence-electron chi connectivity index (χ4n) is 4.40. The van der Waals surface area contributed by atoms with Gasteiger partial charge in [0.15, 0.2) is 0 Å². The maximum absolute atomic E-state index is 13.1. The van der Waals surface area contributed by atoms with E-state index < -0.39 is 0 Å². The number of unbranched alkanes of at least 4 members (excludes halogenated alkanes) is 3. The number of anilines is 1. The Bertz CT molecular complexity index is 1010. The molecule has 0 saturated carbocycles. The Hall–Kier alpha value is -2.11. The minimum Gasteiger partial charge on any atom is -0.357 e. The van der Waals surface area contributed by atoms with Crippen LogP contribution in [-0.4, -0.2) is 39.3 Å². The fourth-order valence-corrected chi connectivity index (χ4v) is 5.69. The van der Waals surface area contributed by atoms with Crippen molar-refractivity contribution >= 4 is 46.1 Å². The lowest BCUT2D eigenvalue weighted by atomic mass is 10.0. The van der Waals surface area contributed by atoms with Crippen molar-refractivity contribution < 1.29 is 4.79 Å². The van der Waals surface area contributed by atoms with E-state index in [1.165, 1.54) is 24.6 Å². The van der Waals surface area contributed by atoms with E-state index in [2.05, 4.69) is 17.9 Å². The van der Waals surface area contributed by atoms with Gasteiger partial charge in [0, 0.05) is 32.2 Å². The number of thiocarbonyl (C=S) groups is 1. The third-order valence-corrected chi connectivity index (χ3v) is 7.64. The highest BCUT2D eigenvalue weighted by Crippen LogP contribution is 2.36. The van der Waals surface area contributed by atoms with Gasteiger partial charge in [-0.1, -0.05) is 63.0 Å². The molecule has 172 valence electrons. The molecular formula is C24H32N4O2S2. The number of amides is 1. The smallest absolute Gasteiger partial charge is 0.270 e. The number of pyridine rings is 1. The van der Waals surface area contributed by atoms with Crippen molar-refractivity contribution in [3.63, 3.8) is 0 Å². The zero-order valence-corrected chi connectivity index (χ0v) is 20.9. The number of hydrogen-bond acceptors (Lipinski definition) is 6. The lowest BCUT2D eigenvalue weighted by Crippen LogP contribution is -2.34. The first-order chi connectivity index (χ1) is 15.4. The second-order valence-electron chi connectivity index (χ2n) is 8.51. The molecule has 0 N–H and O–H groups in total. The van der Waals surface area contributed by atoms with Crippen LogP contribution in [0.25, 0.3) is 6.08 Å². The van der Waals surface area contributed by atoms with Crippen LogP contribution in [0.15, 0.2) is 9.70 Å². The lowest BCUT2D eigenvalue weighted by molar-refractivity contribution is -0.122. The topological polar surface area (TPSA) is 69.3 Å². The molecule has 8 heteroatoms. The zero-order valence-electron chi connectivity index (χ0n) is 19.3. The number of aromatic nitrogens is 1. The van der Waals surface area contributed by atoms with E-state index in [4.69, 9.17) is 12.2 Å². The Morgan fingerprint density at radius 2 is 1.81 bits per heavy atom. The van der Waals surface area contributed by atoms with Gasteiger partial charge in [-0.2, -0.15) is 5.26 Å². The normalized spacial score (nSPS) is 18.4. The summed E-state index contributed by atoms with van der Waals surface area (Å²) in [6.45, 7) is 6.32. The third kappa shape index (κ3) is 5.10. The highest BCUT2D eigenvalue weighted by Gasteiger charge is 2.32. The summed E-state index contributed by atoms with van der Waals surface area (Å²) >= 11 is 6.81. The molecular weight excluding hydrogens is 440 g/mol. The number of thioether (sulfide) groups is 1. The molecule has 2 saturated heterocycles. The van der Waals surface area contributed by atoms with Gasteiger partial charge in [-0.3, -0.25) is 19.1 Å². The molecule has 1 aromatic rings. The Morgan fingerprint density at radius 1 is 1.12 bits per heavy atom. The molecule has 1 aromatic heterocycles. The van der Waals surface area contributed by atoms with E-state index in [9.17, 15) is 14.9 Å². The Kier molecular flexibility index (Phi) is 8.55. The quantitative estimate of drug-likeness (QED) is 0.325. The summed E-state index contributed by atoms with van der Waals surface area (Å²) in [6.07, 6.45) is 10.6. The van der Waals surface area contributed by atoms with Gasteiger partial charge in [0.25, 0.3) is 11.5 Å². The summed E-state index contributed by atoms with van der Waals surface area (Å²) in [6, 6.07) is 2.07. The van der Waals surface area contributed by atoms with Crippen LogP contribution in [0.2, 0.25) is 0 Å². The minimum absolute atomic E-state index is 0.0786. The summed E-state index contributed by atoms with van der Waals surface area (Å²) < 4.78 is 2.16. The summed E-state index contributed by atoms with van der Waals surface area (Å²) in [5.74, 6) is 0.715. The molecule has 0 bridgehead atoms. The van der Waals surface area contributed by atoms with Crippen LogP contribution < -0.4 is 10.5 Å². The van der Waals surface area contributed by atoms with Gasteiger partial charge in [0.1, 0.15) is 21.8 Å². The molecule has 32 heavy (non-hydrogen) atoms. The van der Waals surface area contributed by atoms with Crippen molar-refractivity contribution in [2.24, 2.45) is 7.05 Å². The Balaban J connectivity index is 2.03.